The molecule has 5 nitrogen and oxygen atoms in total. The second-order valence-electron chi connectivity index (χ2n) is 6.38. The van der Waals surface area contributed by atoms with Crippen molar-refractivity contribution in [3.63, 3.8) is 0 Å². The molecule has 2 aliphatic rings. The van der Waals surface area contributed by atoms with Crippen LogP contribution in [0.15, 0.2) is 18.3 Å². The molecule has 1 unspecified atom stereocenters. The second kappa shape index (κ2) is 7.09. The number of pyridine rings is 1. The van der Waals surface area contributed by atoms with Crippen molar-refractivity contribution >= 4 is 5.91 Å². The molecule has 3 rings (SSSR count). The van der Waals surface area contributed by atoms with Gasteiger partial charge in [0.15, 0.2) is 0 Å². The Morgan fingerprint density at radius 1 is 1.41 bits per heavy atom. The number of aromatic nitrogens is 1. The Morgan fingerprint density at radius 2 is 2.23 bits per heavy atom. The van der Waals surface area contributed by atoms with Gasteiger partial charge in [-0.3, -0.25) is 9.78 Å². The van der Waals surface area contributed by atoms with Crippen LogP contribution < -0.4 is 10.1 Å². The summed E-state index contributed by atoms with van der Waals surface area (Å²) in [6.45, 7) is 3.04. The first-order valence-corrected chi connectivity index (χ1v) is 8.28. The van der Waals surface area contributed by atoms with Gasteiger partial charge < -0.3 is 15.0 Å². The third kappa shape index (κ3) is 3.58. The Bertz CT molecular complexity index is 514. The number of nitrogens with zero attached hydrogens (tertiary/aromatic N) is 2. The van der Waals surface area contributed by atoms with Gasteiger partial charge in [0.2, 0.25) is 0 Å². The van der Waals surface area contributed by atoms with Crippen LogP contribution in [-0.4, -0.2) is 48.6 Å². The monoisotopic (exact) mass is 303 g/mol. The smallest absolute Gasteiger partial charge is 0.270 e. The van der Waals surface area contributed by atoms with Crippen molar-refractivity contribution in [3.8, 4) is 5.75 Å². The van der Waals surface area contributed by atoms with Crippen molar-refractivity contribution in [2.75, 3.05) is 26.7 Å². The second-order valence-corrected chi connectivity index (χ2v) is 6.38. The van der Waals surface area contributed by atoms with Gasteiger partial charge >= 0.3 is 0 Å². The quantitative estimate of drug-likeness (QED) is 0.905. The highest BCUT2D eigenvalue weighted by Gasteiger charge is 2.29. The van der Waals surface area contributed by atoms with Crippen molar-refractivity contribution < 1.29 is 9.53 Å². The molecule has 0 radical (unpaired) electrons. The molecule has 2 fully saturated rings. The number of carbonyl (C=O) groups excluding carboxylic acids is 1. The molecule has 1 aliphatic heterocycles. The van der Waals surface area contributed by atoms with E-state index in [4.69, 9.17) is 4.74 Å². The lowest BCUT2D eigenvalue weighted by Gasteiger charge is -2.23. The maximum Gasteiger partial charge on any atom is 0.270 e. The number of ether oxygens (including phenoxy) is 1. The minimum absolute atomic E-state index is 0.113. The zero-order chi connectivity index (χ0) is 15.4. The highest BCUT2D eigenvalue weighted by molar-refractivity contribution is 5.92. The van der Waals surface area contributed by atoms with E-state index in [1.807, 2.05) is 0 Å². The normalized spacial score (nSPS) is 22.9. The van der Waals surface area contributed by atoms with Crippen molar-refractivity contribution in [1.29, 1.82) is 0 Å². The van der Waals surface area contributed by atoms with E-state index < -0.39 is 0 Å². The van der Waals surface area contributed by atoms with E-state index in [-0.39, 0.29) is 5.91 Å². The summed E-state index contributed by atoms with van der Waals surface area (Å²) in [7, 11) is 1.59. The maximum atomic E-state index is 12.2. The molecular weight excluding hydrogens is 278 g/mol. The first kappa shape index (κ1) is 15.3. The summed E-state index contributed by atoms with van der Waals surface area (Å²) in [6, 6.07) is 4.21. The number of rotatable bonds is 5. The highest BCUT2D eigenvalue weighted by Crippen LogP contribution is 2.28. The number of hydrogen-bond acceptors (Lipinski definition) is 4. The predicted molar refractivity (Wildman–Crippen MR) is 85.1 cm³/mol. The maximum absolute atomic E-state index is 12.2. The fourth-order valence-corrected chi connectivity index (χ4v) is 3.62. The lowest BCUT2D eigenvalue weighted by Crippen LogP contribution is -2.34. The molecular formula is C17H25N3O2. The summed E-state index contributed by atoms with van der Waals surface area (Å²) in [5.74, 6) is 1.11. The van der Waals surface area contributed by atoms with Gasteiger partial charge in [0.05, 0.1) is 7.11 Å². The molecule has 1 aromatic heterocycles. The van der Waals surface area contributed by atoms with Gasteiger partial charge in [0.25, 0.3) is 5.91 Å². The Morgan fingerprint density at radius 3 is 3.00 bits per heavy atom. The molecule has 1 saturated heterocycles. The Labute approximate surface area is 132 Å². The van der Waals surface area contributed by atoms with Crippen LogP contribution in [0.2, 0.25) is 0 Å². The van der Waals surface area contributed by atoms with Crippen molar-refractivity contribution in [2.24, 2.45) is 5.92 Å². The zero-order valence-electron chi connectivity index (χ0n) is 13.3. The summed E-state index contributed by atoms with van der Waals surface area (Å²) in [6.07, 6.45) is 8.25. The Kier molecular flexibility index (Phi) is 4.93. The Hall–Kier alpha value is -1.62. The molecule has 1 aliphatic carbocycles. The van der Waals surface area contributed by atoms with Gasteiger partial charge in [-0.2, -0.15) is 0 Å². The molecule has 2 heterocycles. The summed E-state index contributed by atoms with van der Waals surface area (Å²) in [5, 5.41) is 3.02. The lowest BCUT2D eigenvalue weighted by molar-refractivity contribution is 0.0941. The van der Waals surface area contributed by atoms with Gasteiger partial charge in [-0.1, -0.05) is 12.8 Å². The number of likely N-dealkylation sites (tertiary alicyclic amines) is 1. The minimum atomic E-state index is -0.113. The van der Waals surface area contributed by atoms with E-state index in [0.717, 1.165) is 19.1 Å². The van der Waals surface area contributed by atoms with Crippen LogP contribution in [0.4, 0.5) is 0 Å². The van der Waals surface area contributed by atoms with Crippen LogP contribution in [0.3, 0.4) is 0 Å². The first-order valence-electron chi connectivity index (χ1n) is 8.28. The van der Waals surface area contributed by atoms with E-state index in [2.05, 4.69) is 15.2 Å². The third-order valence-corrected chi connectivity index (χ3v) is 4.91. The van der Waals surface area contributed by atoms with Gasteiger partial charge in [0, 0.05) is 31.4 Å². The lowest BCUT2D eigenvalue weighted by atomic mass is 10.1. The van der Waals surface area contributed by atoms with Crippen molar-refractivity contribution in [1.82, 2.24) is 15.2 Å². The molecule has 5 heteroatoms. The number of carbonyl (C=O) groups is 1. The molecule has 120 valence electrons. The Balaban J connectivity index is 1.47. The van der Waals surface area contributed by atoms with Gasteiger partial charge in [-0.15, -0.1) is 0 Å². The topological polar surface area (TPSA) is 54.5 Å². The minimum Gasteiger partial charge on any atom is -0.497 e. The average Bonchev–Trinajstić information content (AvgIpc) is 3.23. The van der Waals surface area contributed by atoms with Crippen LogP contribution in [0.25, 0.3) is 0 Å². The molecule has 1 aromatic rings. The van der Waals surface area contributed by atoms with E-state index in [9.17, 15) is 4.79 Å². The number of amides is 1. The summed E-state index contributed by atoms with van der Waals surface area (Å²) < 4.78 is 5.13. The first-order chi connectivity index (χ1) is 10.8. The summed E-state index contributed by atoms with van der Waals surface area (Å²) >= 11 is 0. The van der Waals surface area contributed by atoms with Gasteiger partial charge in [-0.05, 0) is 37.8 Å². The van der Waals surface area contributed by atoms with E-state index in [0.29, 0.717) is 17.4 Å². The molecule has 1 amide bonds. The van der Waals surface area contributed by atoms with Gasteiger partial charge in [0.1, 0.15) is 11.4 Å². The SMILES string of the molecule is COc1ccnc(C(=O)NCC2CCN(C3CCCC3)C2)c1. The molecule has 1 atom stereocenters. The molecule has 0 aromatic carbocycles. The van der Waals surface area contributed by atoms with Crippen LogP contribution in [0.1, 0.15) is 42.6 Å². The molecule has 0 spiro atoms. The number of methoxy groups -OCH3 is 1. The highest BCUT2D eigenvalue weighted by atomic mass is 16.5. The van der Waals surface area contributed by atoms with Crippen LogP contribution >= 0.6 is 0 Å². The fourth-order valence-electron chi connectivity index (χ4n) is 3.62. The number of hydrogen-bond donors (Lipinski definition) is 1. The summed E-state index contributed by atoms with van der Waals surface area (Å²) in [5.41, 5.74) is 0.421. The van der Waals surface area contributed by atoms with Crippen molar-refractivity contribution in [3.05, 3.63) is 24.0 Å². The fraction of sp³-hybridized carbons (Fsp3) is 0.647. The standard InChI is InChI=1S/C17H25N3O2/c1-22-15-6-8-18-16(10-15)17(21)19-11-13-7-9-20(12-13)14-4-2-3-5-14/h6,8,10,13-14H,2-5,7,9,11-12H2,1H3,(H,19,21). The van der Waals surface area contributed by atoms with Crippen LogP contribution in [-0.2, 0) is 0 Å². The molecule has 1 N–H and O–H groups in total. The average molecular weight is 303 g/mol. The zero-order valence-corrected chi connectivity index (χ0v) is 13.3. The van der Waals surface area contributed by atoms with Gasteiger partial charge in [-0.25, -0.2) is 0 Å². The van der Waals surface area contributed by atoms with E-state index >= 15 is 0 Å². The number of nitrogens with one attached hydrogen (secondary N) is 1. The molecule has 0 bridgehead atoms. The largest absolute Gasteiger partial charge is 0.497 e. The summed E-state index contributed by atoms with van der Waals surface area (Å²) in [4.78, 5) is 18.9. The third-order valence-electron chi connectivity index (χ3n) is 4.91. The van der Waals surface area contributed by atoms with Crippen molar-refractivity contribution in [2.45, 2.75) is 38.1 Å². The molecule has 22 heavy (non-hydrogen) atoms. The molecule has 1 saturated carbocycles. The van der Waals surface area contributed by atoms with Crippen LogP contribution in [0.5, 0.6) is 5.75 Å². The van der Waals surface area contributed by atoms with E-state index in [1.165, 1.54) is 38.6 Å². The van der Waals surface area contributed by atoms with Crippen LogP contribution in [0, 0.1) is 5.92 Å². The predicted octanol–water partition coefficient (Wildman–Crippen LogP) is 2.08. The van der Waals surface area contributed by atoms with E-state index in [1.54, 1.807) is 25.4 Å².